The van der Waals surface area contributed by atoms with Crippen LogP contribution in [-0.4, -0.2) is 55.2 Å². The van der Waals surface area contributed by atoms with Crippen molar-refractivity contribution in [3.8, 4) is 11.3 Å². The molecule has 152 valence electrons. The third-order valence-electron chi connectivity index (χ3n) is 6.88. The number of nitrogens with two attached hydrogens (primary N) is 1. The highest BCUT2D eigenvalue weighted by atomic mass is 19.4. The average Bonchev–Trinajstić information content (AvgIpc) is 3.12. The molecule has 3 aromatic heterocycles. The van der Waals surface area contributed by atoms with Crippen LogP contribution in [0.5, 0.6) is 0 Å². The lowest BCUT2D eigenvalue weighted by atomic mass is 10.0. The van der Waals surface area contributed by atoms with Crippen molar-refractivity contribution in [3.05, 3.63) is 24.2 Å². The van der Waals surface area contributed by atoms with E-state index in [1.807, 2.05) is 24.6 Å². The maximum absolute atomic E-state index is 12.9. The van der Waals surface area contributed by atoms with Crippen LogP contribution in [0.3, 0.4) is 0 Å². The molecule has 5 heterocycles. The molecule has 2 aliphatic carbocycles. The van der Waals surface area contributed by atoms with Gasteiger partial charge in [0, 0.05) is 41.5 Å². The van der Waals surface area contributed by atoms with Gasteiger partial charge in [-0.3, -0.25) is 14.7 Å². The molecule has 7 nitrogen and oxygen atoms in total. The van der Waals surface area contributed by atoms with Crippen molar-refractivity contribution in [2.24, 2.45) is 11.8 Å². The Morgan fingerprint density at radius 3 is 2.83 bits per heavy atom. The Kier molecular flexibility index (Phi) is 3.04. The minimum Gasteiger partial charge on any atom is -0.383 e. The average molecular weight is 403 g/mol. The lowest BCUT2D eigenvalue weighted by Crippen LogP contribution is -2.34. The van der Waals surface area contributed by atoms with Gasteiger partial charge in [0.05, 0.1) is 29.3 Å². The van der Waals surface area contributed by atoms with Gasteiger partial charge in [-0.2, -0.15) is 23.4 Å². The monoisotopic (exact) mass is 403 g/mol. The van der Waals surface area contributed by atoms with Crippen LogP contribution < -0.4 is 5.73 Å². The van der Waals surface area contributed by atoms with Crippen molar-refractivity contribution in [3.63, 3.8) is 0 Å². The number of H-pyrrole nitrogens is 1. The summed E-state index contributed by atoms with van der Waals surface area (Å²) in [6.45, 7) is 3.77. The summed E-state index contributed by atoms with van der Waals surface area (Å²) in [6, 6.07) is 2.11. The van der Waals surface area contributed by atoms with Gasteiger partial charge in [-0.15, -0.1) is 0 Å². The first-order valence-electron chi connectivity index (χ1n) is 9.72. The van der Waals surface area contributed by atoms with E-state index in [4.69, 9.17) is 10.8 Å². The number of fused-ring (bicyclic) bond motifs is 2. The molecule has 2 saturated carbocycles. The molecule has 0 aromatic carbocycles. The smallest absolute Gasteiger partial charge is 0.383 e. The summed E-state index contributed by atoms with van der Waals surface area (Å²) in [7, 11) is 0. The molecule has 2 bridgehead atoms. The summed E-state index contributed by atoms with van der Waals surface area (Å²) in [4.78, 5) is 5.86. The largest absolute Gasteiger partial charge is 0.401 e. The van der Waals surface area contributed by atoms with E-state index in [1.165, 1.54) is 0 Å². The molecule has 4 fully saturated rings. The molecular weight excluding hydrogens is 383 g/mol. The van der Waals surface area contributed by atoms with Gasteiger partial charge in [-0.1, -0.05) is 0 Å². The molecule has 10 heteroatoms. The fourth-order valence-electron chi connectivity index (χ4n) is 5.70. The van der Waals surface area contributed by atoms with Crippen molar-refractivity contribution in [2.45, 2.75) is 37.5 Å². The number of nitrogen functional groups attached to an aromatic ring is 1. The summed E-state index contributed by atoms with van der Waals surface area (Å²) in [5.41, 5.74) is 9.10. The molecule has 7 rings (SSSR count). The molecular formula is C19H20F3N7. The van der Waals surface area contributed by atoms with E-state index < -0.39 is 12.7 Å². The van der Waals surface area contributed by atoms with Gasteiger partial charge >= 0.3 is 6.18 Å². The van der Waals surface area contributed by atoms with E-state index in [0.29, 0.717) is 24.2 Å². The maximum atomic E-state index is 12.9. The second-order valence-electron chi connectivity index (χ2n) is 8.72. The van der Waals surface area contributed by atoms with E-state index in [9.17, 15) is 13.2 Å². The number of hydrogen-bond donors (Lipinski definition) is 2. The highest BCUT2D eigenvalue weighted by molar-refractivity contribution is 5.97. The fourth-order valence-corrected chi connectivity index (χ4v) is 5.70. The predicted molar refractivity (Wildman–Crippen MR) is 100.0 cm³/mol. The lowest BCUT2D eigenvalue weighted by Gasteiger charge is -2.19. The molecule has 29 heavy (non-hydrogen) atoms. The first-order chi connectivity index (χ1) is 13.7. The number of hydrogen-bond acceptors (Lipinski definition) is 5. The Bertz CT molecular complexity index is 1140. The van der Waals surface area contributed by atoms with Crippen LogP contribution in [-0.2, 0) is 5.41 Å². The number of anilines is 1. The molecule has 2 saturated heterocycles. The van der Waals surface area contributed by atoms with Crippen molar-refractivity contribution in [1.29, 1.82) is 0 Å². The molecule has 0 amide bonds. The Morgan fingerprint density at radius 2 is 2.14 bits per heavy atom. The highest BCUT2D eigenvalue weighted by Crippen LogP contribution is 2.85. The van der Waals surface area contributed by atoms with Crippen LogP contribution in [0.15, 0.2) is 18.5 Å². The first kappa shape index (κ1) is 17.3. The molecule has 3 aromatic rings. The van der Waals surface area contributed by atoms with Crippen LogP contribution in [0.1, 0.15) is 25.6 Å². The topological polar surface area (TPSA) is 88.6 Å². The van der Waals surface area contributed by atoms with Crippen molar-refractivity contribution in [2.75, 3.05) is 18.8 Å². The van der Waals surface area contributed by atoms with Gasteiger partial charge in [-0.05, 0) is 31.7 Å². The quantitative estimate of drug-likeness (QED) is 0.699. The molecule has 0 radical (unpaired) electrons. The zero-order valence-electron chi connectivity index (χ0n) is 15.9. The standard InChI is InChI=1S/C19H20F3N7/c1-8(2)29-13(19-11-6-28(7-18(20,21)22)16(19)14(11)19)3-12(27-29)9-4-24-17(23)10-5-25-26-15(9)10/h3-5,8,11,14,16H,6-7H2,1-2H3,(H2,23,24)(H,25,26)/t11-,14-,16?,19-/m1/s1. The number of aromatic amines is 1. The van der Waals surface area contributed by atoms with E-state index in [-0.39, 0.29) is 17.5 Å². The molecule has 3 N–H and O–H groups in total. The second-order valence-corrected chi connectivity index (χ2v) is 8.72. The van der Waals surface area contributed by atoms with Gasteiger partial charge < -0.3 is 5.73 Å². The summed E-state index contributed by atoms with van der Waals surface area (Å²) >= 11 is 0. The number of pyridine rings is 1. The van der Waals surface area contributed by atoms with Crippen LogP contribution in [0.25, 0.3) is 22.2 Å². The Hall–Kier alpha value is -2.62. The molecule has 1 unspecified atom stereocenters. The Balaban J connectivity index is 1.42. The third kappa shape index (κ3) is 2.09. The predicted octanol–water partition coefficient (Wildman–Crippen LogP) is 2.73. The van der Waals surface area contributed by atoms with E-state index in [2.05, 4.69) is 15.2 Å². The zero-order chi connectivity index (χ0) is 20.3. The van der Waals surface area contributed by atoms with Crippen LogP contribution in [0, 0.1) is 11.8 Å². The number of halogens is 3. The minimum absolute atomic E-state index is 0.0205. The third-order valence-corrected chi connectivity index (χ3v) is 6.88. The number of nitrogens with zero attached hydrogens (tertiary/aromatic N) is 5. The maximum Gasteiger partial charge on any atom is 0.401 e. The Morgan fingerprint density at radius 1 is 1.34 bits per heavy atom. The number of nitrogens with one attached hydrogen (secondary N) is 1. The van der Waals surface area contributed by atoms with Crippen LogP contribution >= 0.6 is 0 Å². The van der Waals surface area contributed by atoms with Crippen LogP contribution in [0.4, 0.5) is 19.0 Å². The van der Waals surface area contributed by atoms with E-state index in [0.717, 1.165) is 27.9 Å². The number of piperidine rings is 1. The molecule has 2 aliphatic heterocycles. The van der Waals surface area contributed by atoms with Gasteiger partial charge in [0.1, 0.15) is 5.82 Å². The van der Waals surface area contributed by atoms with E-state index in [1.54, 1.807) is 17.3 Å². The highest BCUT2D eigenvalue weighted by Gasteiger charge is 2.93. The Labute approximate surface area is 164 Å². The SMILES string of the molecule is CC(C)n1nc(-c2cnc(N)c3cn[nH]c23)cc1[C@@]12C3[C@H]1[C@H]2CN3CC(F)(F)F. The second kappa shape index (κ2) is 5.10. The van der Waals surface area contributed by atoms with Crippen molar-refractivity contribution in [1.82, 2.24) is 29.9 Å². The lowest BCUT2D eigenvalue weighted by molar-refractivity contribution is -0.144. The fraction of sp³-hybridized carbons (Fsp3) is 0.526. The molecule has 4 atom stereocenters. The normalized spacial score (nSPS) is 30.3. The summed E-state index contributed by atoms with van der Waals surface area (Å²) < 4.78 is 40.8. The van der Waals surface area contributed by atoms with Gasteiger partial charge in [0.15, 0.2) is 0 Å². The van der Waals surface area contributed by atoms with Gasteiger partial charge in [-0.25, -0.2) is 4.98 Å². The first-order valence-corrected chi connectivity index (χ1v) is 9.72. The van der Waals surface area contributed by atoms with Gasteiger partial charge in [0.2, 0.25) is 0 Å². The van der Waals surface area contributed by atoms with E-state index >= 15 is 0 Å². The van der Waals surface area contributed by atoms with Crippen molar-refractivity contribution < 1.29 is 13.2 Å². The molecule has 4 aliphatic rings. The van der Waals surface area contributed by atoms with Crippen molar-refractivity contribution >= 4 is 16.7 Å². The minimum atomic E-state index is -4.16. The molecule has 0 spiro atoms. The van der Waals surface area contributed by atoms with Gasteiger partial charge in [0.25, 0.3) is 0 Å². The summed E-state index contributed by atoms with van der Waals surface area (Å²) in [5, 5.41) is 12.6. The summed E-state index contributed by atoms with van der Waals surface area (Å²) in [6.07, 6.45) is -0.858. The summed E-state index contributed by atoms with van der Waals surface area (Å²) in [5.74, 6) is 1.02. The van der Waals surface area contributed by atoms with Crippen LogP contribution in [0.2, 0.25) is 0 Å². The number of alkyl halides is 3. The number of aromatic nitrogens is 5. The number of rotatable bonds is 4. The zero-order valence-corrected chi connectivity index (χ0v) is 15.9.